The molecular formula is C13H17NO7S. The lowest BCUT2D eigenvalue weighted by Gasteiger charge is -2.08. The molecule has 1 aromatic rings. The fourth-order valence-corrected chi connectivity index (χ4v) is 2.48. The SMILES string of the molecule is COC(=O)CCOc1ccc(S(=O)(=O)NCCC(=O)O)cc1. The van der Waals surface area contributed by atoms with E-state index in [9.17, 15) is 18.0 Å². The zero-order valence-electron chi connectivity index (χ0n) is 11.9. The number of ether oxygens (including phenoxy) is 2. The minimum Gasteiger partial charge on any atom is -0.493 e. The molecule has 1 rings (SSSR count). The number of carbonyl (C=O) groups excluding carboxylic acids is 1. The molecule has 0 spiro atoms. The van der Waals surface area contributed by atoms with Crippen molar-refractivity contribution in [2.24, 2.45) is 0 Å². The van der Waals surface area contributed by atoms with Gasteiger partial charge in [-0.3, -0.25) is 9.59 Å². The van der Waals surface area contributed by atoms with Gasteiger partial charge in [-0.05, 0) is 24.3 Å². The monoisotopic (exact) mass is 331 g/mol. The van der Waals surface area contributed by atoms with Crippen molar-refractivity contribution < 1.29 is 32.6 Å². The van der Waals surface area contributed by atoms with Gasteiger partial charge in [-0.15, -0.1) is 0 Å². The summed E-state index contributed by atoms with van der Waals surface area (Å²) in [5.41, 5.74) is 0. The van der Waals surface area contributed by atoms with Gasteiger partial charge in [0.05, 0.1) is 31.5 Å². The number of aliphatic carboxylic acids is 1. The maximum atomic E-state index is 11.9. The van der Waals surface area contributed by atoms with Crippen LogP contribution >= 0.6 is 0 Å². The molecule has 8 nitrogen and oxygen atoms in total. The van der Waals surface area contributed by atoms with Crippen molar-refractivity contribution in [1.82, 2.24) is 4.72 Å². The number of carbonyl (C=O) groups is 2. The average Bonchev–Trinajstić information content (AvgIpc) is 2.47. The van der Waals surface area contributed by atoms with Gasteiger partial charge in [-0.25, -0.2) is 13.1 Å². The minimum absolute atomic E-state index is 0.00166. The van der Waals surface area contributed by atoms with Crippen LogP contribution in [-0.2, 0) is 24.3 Å². The molecule has 0 radical (unpaired) electrons. The second-order valence-corrected chi connectivity index (χ2v) is 5.95. The van der Waals surface area contributed by atoms with Crippen molar-refractivity contribution in [2.45, 2.75) is 17.7 Å². The normalized spacial score (nSPS) is 11.0. The number of carboxylic acids is 1. The molecule has 0 unspecified atom stereocenters. The lowest BCUT2D eigenvalue weighted by molar-refractivity contribution is -0.141. The van der Waals surface area contributed by atoms with E-state index >= 15 is 0 Å². The number of carboxylic acid groups (broad SMARTS) is 1. The van der Waals surface area contributed by atoms with Crippen LogP contribution in [0.25, 0.3) is 0 Å². The fourth-order valence-electron chi connectivity index (χ4n) is 1.44. The van der Waals surface area contributed by atoms with Crippen LogP contribution < -0.4 is 9.46 Å². The summed E-state index contributed by atoms with van der Waals surface area (Å²) < 4.78 is 35.6. The molecule has 0 fully saturated rings. The lowest BCUT2D eigenvalue weighted by atomic mass is 10.3. The van der Waals surface area contributed by atoms with Crippen LogP contribution in [0.15, 0.2) is 29.2 Å². The summed E-state index contributed by atoms with van der Waals surface area (Å²) in [6.07, 6.45) is -0.207. The van der Waals surface area contributed by atoms with Crippen molar-refractivity contribution >= 4 is 22.0 Å². The van der Waals surface area contributed by atoms with Crippen LogP contribution in [0.5, 0.6) is 5.75 Å². The number of sulfonamides is 1. The molecular weight excluding hydrogens is 314 g/mol. The molecule has 1 aromatic carbocycles. The summed E-state index contributed by atoms with van der Waals surface area (Å²) in [5.74, 6) is -1.08. The second-order valence-electron chi connectivity index (χ2n) is 4.19. The van der Waals surface area contributed by atoms with Crippen LogP contribution in [0.2, 0.25) is 0 Å². The Morgan fingerprint density at radius 1 is 1.18 bits per heavy atom. The van der Waals surface area contributed by atoms with Gasteiger partial charge in [0, 0.05) is 6.54 Å². The summed E-state index contributed by atoms with van der Waals surface area (Å²) >= 11 is 0. The third kappa shape index (κ3) is 6.10. The quantitative estimate of drug-likeness (QED) is 0.628. The van der Waals surface area contributed by atoms with Gasteiger partial charge in [0.1, 0.15) is 5.75 Å². The summed E-state index contributed by atoms with van der Waals surface area (Å²) in [5, 5.41) is 8.47. The smallest absolute Gasteiger partial charge is 0.308 e. The molecule has 22 heavy (non-hydrogen) atoms. The van der Waals surface area contributed by atoms with Gasteiger partial charge in [0.15, 0.2) is 0 Å². The zero-order valence-corrected chi connectivity index (χ0v) is 12.8. The van der Waals surface area contributed by atoms with Crippen LogP contribution in [0, 0.1) is 0 Å². The standard InChI is InChI=1S/C13H17NO7S/c1-20-13(17)7-9-21-10-2-4-11(5-3-10)22(18,19)14-8-6-12(15)16/h2-5,14H,6-9H2,1H3,(H,15,16). The van der Waals surface area contributed by atoms with Crippen molar-refractivity contribution in [3.8, 4) is 5.75 Å². The predicted octanol–water partition coefficient (Wildman–Crippen LogP) is 0.381. The van der Waals surface area contributed by atoms with Gasteiger partial charge >= 0.3 is 11.9 Å². The van der Waals surface area contributed by atoms with Crippen molar-refractivity contribution in [3.05, 3.63) is 24.3 Å². The highest BCUT2D eigenvalue weighted by Gasteiger charge is 2.14. The Kier molecular flexibility index (Phi) is 6.80. The van der Waals surface area contributed by atoms with E-state index in [4.69, 9.17) is 9.84 Å². The van der Waals surface area contributed by atoms with Crippen molar-refractivity contribution in [2.75, 3.05) is 20.3 Å². The number of hydrogen-bond donors (Lipinski definition) is 2. The molecule has 0 saturated carbocycles. The molecule has 0 saturated heterocycles. The number of methoxy groups -OCH3 is 1. The van der Waals surface area contributed by atoms with E-state index in [1.165, 1.54) is 31.4 Å². The number of nitrogens with one attached hydrogen (secondary N) is 1. The zero-order chi connectivity index (χ0) is 16.6. The van der Waals surface area contributed by atoms with Crippen LogP contribution in [0.4, 0.5) is 0 Å². The molecule has 0 amide bonds. The Bertz CT molecular complexity index is 610. The molecule has 0 aromatic heterocycles. The molecule has 2 N–H and O–H groups in total. The highest BCUT2D eigenvalue weighted by molar-refractivity contribution is 7.89. The Hall–Kier alpha value is -2.13. The first-order valence-corrected chi connectivity index (χ1v) is 7.84. The molecule has 0 heterocycles. The van der Waals surface area contributed by atoms with Crippen molar-refractivity contribution in [3.63, 3.8) is 0 Å². The molecule has 122 valence electrons. The maximum Gasteiger partial charge on any atom is 0.308 e. The van der Waals surface area contributed by atoms with Gasteiger partial charge in [0.2, 0.25) is 10.0 Å². The largest absolute Gasteiger partial charge is 0.493 e. The Balaban J connectivity index is 2.56. The van der Waals surface area contributed by atoms with Gasteiger partial charge in [0.25, 0.3) is 0 Å². The summed E-state index contributed by atoms with van der Waals surface area (Å²) in [6.45, 7) is -0.0648. The van der Waals surface area contributed by atoms with Gasteiger partial charge < -0.3 is 14.6 Å². The first-order valence-electron chi connectivity index (χ1n) is 6.36. The molecule has 0 bridgehead atoms. The third-order valence-corrected chi connectivity index (χ3v) is 4.04. The molecule has 0 atom stereocenters. The van der Waals surface area contributed by atoms with Crippen LogP contribution in [0.1, 0.15) is 12.8 Å². The first-order chi connectivity index (χ1) is 10.3. The molecule has 0 aliphatic rings. The fraction of sp³-hybridized carbons (Fsp3) is 0.385. The number of hydrogen-bond acceptors (Lipinski definition) is 6. The Labute approximate surface area is 128 Å². The minimum atomic E-state index is -3.75. The molecule has 9 heteroatoms. The van der Waals surface area contributed by atoms with Crippen LogP contribution in [0.3, 0.4) is 0 Å². The molecule has 0 aliphatic heterocycles. The molecule has 0 aliphatic carbocycles. The average molecular weight is 331 g/mol. The number of esters is 1. The maximum absolute atomic E-state index is 11.9. The topological polar surface area (TPSA) is 119 Å². The first kappa shape index (κ1) is 17.9. The van der Waals surface area contributed by atoms with E-state index in [2.05, 4.69) is 9.46 Å². The summed E-state index contributed by atoms with van der Waals surface area (Å²) in [6, 6.07) is 5.55. The van der Waals surface area contributed by atoms with E-state index in [-0.39, 0.29) is 30.9 Å². The summed E-state index contributed by atoms with van der Waals surface area (Å²) in [7, 11) is -2.48. The number of benzene rings is 1. The van der Waals surface area contributed by atoms with E-state index in [0.717, 1.165) is 0 Å². The van der Waals surface area contributed by atoms with Gasteiger partial charge in [-0.2, -0.15) is 0 Å². The van der Waals surface area contributed by atoms with Gasteiger partial charge in [-0.1, -0.05) is 0 Å². The number of rotatable bonds is 9. The van der Waals surface area contributed by atoms with E-state index in [1.54, 1.807) is 0 Å². The van der Waals surface area contributed by atoms with E-state index in [0.29, 0.717) is 5.75 Å². The van der Waals surface area contributed by atoms with Crippen LogP contribution in [-0.4, -0.2) is 45.7 Å². The lowest BCUT2D eigenvalue weighted by Crippen LogP contribution is -2.26. The summed E-state index contributed by atoms with van der Waals surface area (Å²) in [4.78, 5) is 21.3. The Morgan fingerprint density at radius 2 is 1.82 bits per heavy atom. The second kappa shape index (κ2) is 8.35. The van der Waals surface area contributed by atoms with E-state index in [1.807, 2.05) is 0 Å². The highest BCUT2D eigenvalue weighted by atomic mass is 32.2. The predicted molar refractivity (Wildman–Crippen MR) is 76.0 cm³/mol. The Morgan fingerprint density at radius 3 is 2.36 bits per heavy atom. The van der Waals surface area contributed by atoms with Crippen molar-refractivity contribution in [1.29, 1.82) is 0 Å². The highest BCUT2D eigenvalue weighted by Crippen LogP contribution is 2.16. The van der Waals surface area contributed by atoms with E-state index < -0.39 is 22.0 Å². The third-order valence-electron chi connectivity index (χ3n) is 2.57.